The molecule has 0 aromatic carbocycles. The number of sulfonamides is 1. The molecule has 0 saturated heterocycles. The van der Waals surface area contributed by atoms with E-state index >= 15 is 0 Å². The van der Waals surface area contributed by atoms with Crippen molar-refractivity contribution in [3.05, 3.63) is 39.5 Å². The first kappa shape index (κ1) is 18.1. The van der Waals surface area contributed by atoms with Gasteiger partial charge in [-0.2, -0.15) is 0 Å². The molecule has 1 aliphatic rings. The Bertz CT molecular complexity index is 1100. The predicted molar refractivity (Wildman–Crippen MR) is 99.2 cm³/mol. The first-order valence-corrected chi connectivity index (χ1v) is 10.9. The third-order valence-corrected chi connectivity index (χ3v) is 6.95. The first-order valence-electron chi connectivity index (χ1n) is 8.54. The second kappa shape index (κ2) is 6.73. The Morgan fingerprint density at radius 1 is 1.37 bits per heavy atom. The van der Waals surface area contributed by atoms with E-state index < -0.39 is 10.0 Å². The summed E-state index contributed by atoms with van der Waals surface area (Å²) in [5.74, 6) is 0.876. The van der Waals surface area contributed by atoms with Gasteiger partial charge < -0.3 is 4.52 Å². The van der Waals surface area contributed by atoms with Crippen molar-refractivity contribution in [1.82, 2.24) is 24.2 Å². The van der Waals surface area contributed by atoms with Crippen molar-refractivity contribution in [3.8, 4) is 10.7 Å². The van der Waals surface area contributed by atoms with Crippen LogP contribution in [0.5, 0.6) is 0 Å². The molecule has 0 atom stereocenters. The fourth-order valence-electron chi connectivity index (χ4n) is 3.02. The van der Waals surface area contributed by atoms with E-state index in [1.807, 2.05) is 17.5 Å². The number of thiophene rings is 1. The van der Waals surface area contributed by atoms with Gasteiger partial charge in [-0.15, -0.1) is 16.4 Å². The summed E-state index contributed by atoms with van der Waals surface area (Å²) in [6.07, 6.45) is 1.92. The van der Waals surface area contributed by atoms with E-state index in [2.05, 4.69) is 15.0 Å². The maximum Gasteiger partial charge on any atom is 0.346 e. The standard InChI is InChI=1S/C16H19N5O4S2/c1-10-14(11(2)25-19-10)27(23,24)17-7-8-20-16(22)21(12-5-6-12)15(18-20)13-4-3-9-26-13/h3-4,9,12,17H,5-8H2,1-2H3. The van der Waals surface area contributed by atoms with Crippen LogP contribution in [0.25, 0.3) is 10.7 Å². The fraction of sp³-hybridized carbons (Fsp3) is 0.438. The van der Waals surface area contributed by atoms with Gasteiger partial charge in [-0.25, -0.2) is 22.6 Å². The Hall–Kier alpha value is -2.24. The van der Waals surface area contributed by atoms with Crippen LogP contribution < -0.4 is 10.4 Å². The molecular weight excluding hydrogens is 390 g/mol. The van der Waals surface area contributed by atoms with E-state index in [9.17, 15) is 13.2 Å². The lowest BCUT2D eigenvalue weighted by Crippen LogP contribution is -2.32. The van der Waals surface area contributed by atoms with Crippen LogP contribution in [0.4, 0.5) is 0 Å². The molecule has 11 heteroatoms. The predicted octanol–water partition coefficient (Wildman–Crippen LogP) is 1.69. The van der Waals surface area contributed by atoms with Gasteiger partial charge in [0.25, 0.3) is 0 Å². The summed E-state index contributed by atoms with van der Waals surface area (Å²) in [4.78, 5) is 13.7. The van der Waals surface area contributed by atoms with Crippen LogP contribution in [0.1, 0.15) is 30.3 Å². The molecule has 1 fully saturated rings. The molecule has 1 saturated carbocycles. The maximum absolute atomic E-state index is 12.7. The van der Waals surface area contributed by atoms with Gasteiger partial charge in [-0.05, 0) is 38.1 Å². The van der Waals surface area contributed by atoms with Crippen LogP contribution in [0, 0.1) is 13.8 Å². The number of hydrogen-bond donors (Lipinski definition) is 1. The second-order valence-electron chi connectivity index (χ2n) is 6.46. The van der Waals surface area contributed by atoms with Crippen molar-refractivity contribution in [3.63, 3.8) is 0 Å². The normalized spacial score (nSPS) is 14.7. The first-order chi connectivity index (χ1) is 12.9. The SMILES string of the molecule is Cc1noc(C)c1S(=O)(=O)NCCn1nc(-c2cccs2)n(C2CC2)c1=O. The highest BCUT2D eigenvalue weighted by molar-refractivity contribution is 7.89. The minimum absolute atomic E-state index is 0.0395. The maximum atomic E-state index is 12.7. The Labute approximate surface area is 159 Å². The second-order valence-corrected chi connectivity index (χ2v) is 9.11. The lowest BCUT2D eigenvalue weighted by molar-refractivity contribution is 0.390. The topological polar surface area (TPSA) is 112 Å². The van der Waals surface area contributed by atoms with Crippen LogP contribution in [-0.2, 0) is 16.6 Å². The number of hydrogen-bond acceptors (Lipinski definition) is 7. The third-order valence-electron chi connectivity index (χ3n) is 4.38. The summed E-state index contributed by atoms with van der Waals surface area (Å²) >= 11 is 1.52. The lowest BCUT2D eigenvalue weighted by Gasteiger charge is -2.05. The summed E-state index contributed by atoms with van der Waals surface area (Å²) in [7, 11) is -3.77. The van der Waals surface area contributed by atoms with Gasteiger partial charge >= 0.3 is 5.69 Å². The van der Waals surface area contributed by atoms with Crippen LogP contribution in [0.3, 0.4) is 0 Å². The van der Waals surface area contributed by atoms with E-state index in [0.717, 1.165) is 17.7 Å². The molecule has 1 N–H and O–H groups in total. The fourth-order valence-corrected chi connectivity index (χ4v) is 5.07. The molecule has 0 bridgehead atoms. The smallest absolute Gasteiger partial charge is 0.346 e. The number of nitrogens with zero attached hydrogens (tertiary/aromatic N) is 4. The van der Waals surface area contributed by atoms with Crippen LogP contribution in [-0.4, -0.2) is 34.5 Å². The molecule has 0 unspecified atom stereocenters. The molecule has 4 rings (SSSR count). The van der Waals surface area contributed by atoms with Gasteiger partial charge in [0, 0.05) is 12.6 Å². The summed E-state index contributed by atoms with van der Waals surface area (Å²) in [5, 5.41) is 10.0. The van der Waals surface area contributed by atoms with Crippen molar-refractivity contribution >= 4 is 21.4 Å². The molecule has 27 heavy (non-hydrogen) atoms. The Kier molecular flexibility index (Phi) is 4.52. The summed E-state index contributed by atoms with van der Waals surface area (Å²) in [6, 6.07) is 4.02. The van der Waals surface area contributed by atoms with E-state index in [1.54, 1.807) is 18.4 Å². The average molecular weight is 409 g/mol. The minimum Gasteiger partial charge on any atom is -0.360 e. The minimum atomic E-state index is -3.77. The largest absolute Gasteiger partial charge is 0.360 e. The summed E-state index contributed by atoms with van der Waals surface area (Å²) in [5.41, 5.74) is 0.0904. The third kappa shape index (κ3) is 3.37. The van der Waals surface area contributed by atoms with Crippen molar-refractivity contribution in [2.45, 2.75) is 44.2 Å². The number of nitrogens with one attached hydrogen (secondary N) is 1. The van der Waals surface area contributed by atoms with Gasteiger partial charge in [-0.1, -0.05) is 11.2 Å². The molecular formula is C16H19N5O4S2. The van der Waals surface area contributed by atoms with Crippen molar-refractivity contribution in [1.29, 1.82) is 0 Å². The van der Waals surface area contributed by atoms with Crippen molar-refractivity contribution in [2.75, 3.05) is 6.54 Å². The van der Waals surface area contributed by atoms with Crippen LogP contribution in [0.15, 0.2) is 31.7 Å². The van der Waals surface area contributed by atoms with Crippen LogP contribution >= 0.6 is 11.3 Å². The highest BCUT2D eigenvalue weighted by Crippen LogP contribution is 2.37. The Morgan fingerprint density at radius 2 is 2.15 bits per heavy atom. The van der Waals surface area contributed by atoms with Gasteiger partial charge in [0.15, 0.2) is 11.6 Å². The average Bonchev–Trinajstić information content (AvgIpc) is 3.02. The molecule has 1 aliphatic carbocycles. The molecule has 0 aliphatic heterocycles. The Morgan fingerprint density at radius 3 is 2.74 bits per heavy atom. The molecule has 9 nitrogen and oxygen atoms in total. The molecule has 0 radical (unpaired) electrons. The zero-order valence-corrected chi connectivity index (χ0v) is 16.5. The van der Waals surface area contributed by atoms with E-state index in [4.69, 9.17) is 4.52 Å². The van der Waals surface area contributed by atoms with E-state index in [0.29, 0.717) is 11.5 Å². The molecule has 0 spiro atoms. The quantitative estimate of drug-likeness (QED) is 0.635. The van der Waals surface area contributed by atoms with Crippen LogP contribution in [0.2, 0.25) is 0 Å². The number of rotatable bonds is 7. The van der Waals surface area contributed by atoms with Crippen molar-refractivity contribution < 1.29 is 12.9 Å². The van der Waals surface area contributed by atoms with E-state index in [1.165, 1.54) is 16.0 Å². The lowest BCUT2D eigenvalue weighted by atomic mass is 10.4. The van der Waals surface area contributed by atoms with E-state index in [-0.39, 0.29) is 35.5 Å². The molecule has 3 aromatic heterocycles. The van der Waals surface area contributed by atoms with Gasteiger partial charge in [0.1, 0.15) is 10.6 Å². The van der Waals surface area contributed by atoms with Gasteiger partial charge in [0.05, 0.1) is 11.4 Å². The summed E-state index contributed by atoms with van der Waals surface area (Å²) < 4.78 is 35.4. The zero-order chi connectivity index (χ0) is 19.2. The highest BCUT2D eigenvalue weighted by Gasteiger charge is 2.31. The molecule has 0 amide bonds. The zero-order valence-electron chi connectivity index (χ0n) is 14.9. The van der Waals surface area contributed by atoms with Gasteiger partial charge in [0.2, 0.25) is 10.0 Å². The van der Waals surface area contributed by atoms with Gasteiger partial charge in [-0.3, -0.25) is 4.57 Å². The number of aryl methyl sites for hydroxylation is 2. The molecule has 3 aromatic rings. The summed E-state index contributed by atoms with van der Waals surface area (Å²) in [6.45, 7) is 3.29. The number of aromatic nitrogens is 4. The monoisotopic (exact) mass is 409 g/mol. The molecule has 144 valence electrons. The Balaban J connectivity index is 1.54. The highest BCUT2D eigenvalue weighted by atomic mass is 32.2. The van der Waals surface area contributed by atoms with Crippen molar-refractivity contribution in [2.24, 2.45) is 0 Å². The molecule has 3 heterocycles.